The van der Waals surface area contributed by atoms with Crippen LogP contribution in [-0.2, 0) is 9.53 Å². The maximum atomic E-state index is 12.0. The van der Waals surface area contributed by atoms with Crippen molar-refractivity contribution in [2.24, 2.45) is 5.92 Å². The van der Waals surface area contributed by atoms with E-state index in [9.17, 15) is 4.79 Å². The van der Waals surface area contributed by atoms with Crippen LogP contribution in [0.2, 0.25) is 0 Å². The van der Waals surface area contributed by atoms with Crippen LogP contribution in [0.1, 0.15) is 20.8 Å². The molecule has 1 saturated heterocycles. The number of ether oxygens (including phenoxy) is 1. The molecule has 1 aliphatic rings. The monoisotopic (exact) mass is 214 g/mol. The molecule has 88 valence electrons. The number of nitrogens with zero attached hydrogens (tertiary/aromatic N) is 1. The Labute approximate surface area is 92.0 Å². The van der Waals surface area contributed by atoms with Gasteiger partial charge in [-0.25, -0.2) is 0 Å². The van der Waals surface area contributed by atoms with Crippen LogP contribution >= 0.6 is 0 Å². The standard InChI is InChI=1S/C11H22N2O2/c1-8(5-12-4)11(14)13-6-9(2)15-10(3)7-13/h8-10,12H,5-7H2,1-4H3/t8?,9-,10+. The Balaban J connectivity index is 2.51. The lowest BCUT2D eigenvalue weighted by molar-refractivity contribution is -0.146. The van der Waals surface area contributed by atoms with Gasteiger partial charge in [0, 0.05) is 25.6 Å². The van der Waals surface area contributed by atoms with E-state index in [1.165, 1.54) is 0 Å². The number of hydrogen-bond acceptors (Lipinski definition) is 3. The first-order valence-corrected chi connectivity index (χ1v) is 5.63. The van der Waals surface area contributed by atoms with Gasteiger partial charge >= 0.3 is 0 Å². The second kappa shape index (κ2) is 5.47. The summed E-state index contributed by atoms with van der Waals surface area (Å²) in [5, 5.41) is 3.03. The van der Waals surface area contributed by atoms with E-state index in [0.29, 0.717) is 0 Å². The minimum atomic E-state index is 0.0486. The summed E-state index contributed by atoms with van der Waals surface area (Å²) < 4.78 is 5.60. The molecule has 3 atom stereocenters. The molecule has 1 N–H and O–H groups in total. The molecule has 1 heterocycles. The molecule has 0 bridgehead atoms. The summed E-state index contributed by atoms with van der Waals surface area (Å²) in [4.78, 5) is 13.9. The molecule has 0 saturated carbocycles. The minimum Gasteiger partial charge on any atom is -0.372 e. The van der Waals surface area contributed by atoms with Gasteiger partial charge < -0.3 is 15.0 Å². The van der Waals surface area contributed by atoms with Crippen molar-refractivity contribution in [3.8, 4) is 0 Å². The number of rotatable bonds is 3. The van der Waals surface area contributed by atoms with Crippen LogP contribution in [0, 0.1) is 5.92 Å². The van der Waals surface area contributed by atoms with Gasteiger partial charge in [0.2, 0.25) is 5.91 Å². The fraction of sp³-hybridized carbons (Fsp3) is 0.909. The van der Waals surface area contributed by atoms with Crippen LogP contribution in [0.5, 0.6) is 0 Å². The zero-order chi connectivity index (χ0) is 11.4. The molecule has 1 aliphatic heterocycles. The molecule has 4 heteroatoms. The summed E-state index contributed by atoms with van der Waals surface area (Å²) in [6.07, 6.45) is 0.305. The van der Waals surface area contributed by atoms with Gasteiger partial charge in [-0.15, -0.1) is 0 Å². The molecule has 15 heavy (non-hydrogen) atoms. The van der Waals surface area contributed by atoms with Gasteiger partial charge in [0.05, 0.1) is 12.2 Å². The second-order valence-corrected chi connectivity index (χ2v) is 4.46. The van der Waals surface area contributed by atoms with Gasteiger partial charge in [-0.2, -0.15) is 0 Å². The average Bonchev–Trinajstić information content (AvgIpc) is 2.15. The van der Waals surface area contributed by atoms with Crippen LogP contribution in [-0.4, -0.2) is 49.7 Å². The van der Waals surface area contributed by atoms with E-state index in [-0.39, 0.29) is 24.0 Å². The third kappa shape index (κ3) is 3.47. The van der Waals surface area contributed by atoms with Crippen LogP contribution in [0.4, 0.5) is 0 Å². The number of amides is 1. The predicted molar refractivity (Wildman–Crippen MR) is 59.7 cm³/mol. The Morgan fingerprint density at radius 3 is 2.47 bits per heavy atom. The predicted octanol–water partition coefficient (Wildman–Crippen LogP) is 0.478. The van der Waals surface area contributed by atoms with Gasteiger partial charge in [0.15, 0.2) is 0 Å². The van der Waals surface area contributed by atoms with E-state index in [1.807, 2.05) is 32.7 Å². The fourth-order valence-electron chi connectivity index (χ4n) is 2.06. The average molecular weight is 214 g/mol. The quantitative estimate of drug-likeness (QED) is 0.743. The number of morpholine rings is 1. The van der Waals surface area contributed by atoms with Gasteiger partial charge in [0.1, 0.15) is 0 Å². The van der Waals surface area contributed by atoms with Crippen LogP contribution in [0.3, 0.4) is 0 Å². The molecule has 1 rings (SSSR count). The highest BCUT2D eigenvalue weighted by Crippen LogP contribution is 2.13. The molecule has 1 unspecified atom stereocenters. The van der Waals surface area contributed by atoms with Crippen molar-refractivity contribution in [1.29, 1.82) is 0 Å². The molecule has 0 aromatic carbocycles. The lowest BCUT2D eigenvalue weighted by Gasteiger charge is -2.36. The zero-order valence-electron chi connectivity index (χ0n) is 10.1. The van der Waals surface area contributed by atoms with Gasteiger partial charge in [-0.3, -0.25) is 4.79 Å². The van der Waals surface area contributed by atoms with E-state index in [2.05, 4.69) is 5.32 Å². The second-order valence-electron chi connectivity index (χ2n) is 4.46. The van der Waals surface area contributed by atoms with E-state index in [0.717, 1.165) is 19.6 Å². The lowest BCUT2D eigenvalue weighted by atomic mass is 10.1. The number of carbonyl (C=O) groups is 1. The molecule has 4 nitrogen and oxygen atoms in total. The lowest BCUT2D eigenvalue weighted by Crippen LogP contribution is -2.50. The first-order chi connectivity index (χ1) is 7.04. The van der Waals surface area contributed by atoms with Crippen molar-refractivity contribution in [1.82, 2.24) is 10.2 Å². The highest BCUT2D eigenvalue weighted by molar-refractivity contribution is 5.78. The zero-order valence-corrected chi connectivity index (χ0v) is 10.1. The van der Waals surface area contributed by atoms with E-state index in [1.54, 1.807) is 0 Å². The maximum absolute atomic E-state index is 12.0. The van der Waals surface area contributed by atoms with Crippen molar-refractivity contribution in [3.05, 3.63) is 0 Å². The minimum absolute atomic E-state index is 0.0486. The first-order valence-electron chi connectivity index (χ1n) is 5.63. The molecule has 0 aromatic heterocycles. The van der Waals surface area contributed by atoms with Crippen molar-refractivity contribution in [2.45, 2.75) is 33.0 Å². The normalized spacial score (nSPS) is 28.9. The number of nitrogens with one attached hydrogen (secondary N) is 1. The Morgan fingerprint density at radius 1 is 1.47 bits per heavy atom. The van der Waals surface area contributed by atoms with Crippen molar-refractivity contribution in [2.75, 3.05) is 26.7 Å². The SMILES string of the molecule is CNCC(C)C(=O)N1C[C@@H](C)O[C@@H](C)C1. The molecular formula is C11H22N2O2. The van der Waals surface area contributed by atoms with E-state index < -0.39 is 0 Å². The summed E-state index contributed by atoms with van der Waals surface area (Å²) >= 11 is 0. The topological polar surface area (TPSA) is 41.6 Å². The summed E-state index contributed by atoms with van der Waals surface area (Å²) in [5.41, 5.74) is 0. The molecule has 0 aliphatic carbocycles. The van der Waals surface area contributed by atoms with Crippen molar-refractivity contribution < 1.29 is 9.53 Å². The van der Waals surface area contributed by atoms with Gasteiger partial charge in [0.25, 0.3) is 0 Å². The fourth-order valence-corrected chi connectivity index (χ4v) is 2.06. The largest absolute Gasteiger partial charge is 0.372 e. The molecular weight excluding hydrogens is 192 g/mol. The summed E-state index contributed by atoms with van der Waals surface area (Å²) in [7, 11) is 1.87. The third-order valence-corrected chi connectivity index (χ3v) is 2.66. The number of hydrogen-bond donors (Lipinski definition) is 1. The van der Waals surface area contributed by atoms with Crippen LogP contribution < -0.4 is 5.32 Å². The van der Waals surface area contributed by atoms with Crippen molar-refractivity contribution >= 4 is 5.91 Å². The Kier molecular flexibility index (Phi) is 4.54. The van der Waals surface area contributed by atoms with Gasteiger partial charge in [-0.05, 0) is 20.9 Å². The van der Waals surface area contributed by atoms with E-state index in [4.69, 9.17) is 4.74 Å². The summed E-state index contributed by atoms with van der Waals surface area (Å²) in [5.74, 6) is 0.277. The Hall–Kier alpha value is -0.610. The highest BCUT2D eigenvalue weighted by Gasteiger charge is 2.28. The van der Waals surface area contributed by atoms with Crippen LogP contribution in [0.15, 0.2) is 0 Å². The molecule has 0 spiro atoms. The highest BCUT2D eigenvalue weighted by atomic mass is 16.5. The molecule has 0 aromatic rings. The van der Waals surface area contributed by atoms with Crippen molar-refractivity contribution in [3.63, 3.8) is 0 Å². The molecule has 1 fully saturated rings. The summed E-state index contributed by atoms with van der Waals surface area (Å²) in [6, 6.07) is 0. The molecule has 0 radical (unpaired) electrons. The van der Waals surface area contributed by atoms with Gasteiger partial charge in [-0.1, -0.05) is 6.92 Å². The number of carbonyl (C=O) groups excluding carboxylic acids is 1. The van der Waals surface area contributed by atoms with Crippen LogP contribution in [0.25, 0.3) is 0 Å². The van der Waals surface area contributed by atoms with E-state index >= 15 is 0 Å². The smallest absolute Gasteiger partial charge is 0.226 e. The first kappa shape index (κ1) is 12.5. The maximum Gasteiger partial charge on any atom is 0.226 e. The Bertz CT molecular complexity index is 211. The summed E-state index contributed by atoms with van der Waals surface area (Å²) in [6.45, 7) is 8.16. The molecule has 1 amide bonds. The Morgan fingerprint density at radius 2 is 2.00 bits per heavy atom. The third-order valence-electron chi connectivity index (χ3n) is 2.66.